The minimum absolute atomic E-state index is 0.295. The molecule has 1 aromatic carbocycles. The summed E-state index contributed by atoms with van der Waals surface area (Å²) in [4.78, 5) is 11.4. The Morgan fingerprint density at radius 3 is 2.70 bits per heavy atom. The summed E-state index contributed by atoms with van der Waals surface area (Å²) in [5.41, 5.74) is 9.38. The van der Waals surface area contributed by atoms with Crippen molar-refractivity contribution in [3.63, 3.8) is 0 Å². The number of hydrogen-bond acceptors (Lipinski definition) is 6. The first-order valence-electron chi connectivity index (χ1n) is 9.85. The number of nitrogens with two attached hydrogens (primary N) is 1. The third-order valence-corrected chi connectivity index (χ3v) is 5.01. The second-order valence-electron chi connectivity index (χ2n) is 7.48. The van der Waals surface area contributed by atoms with E-state index in [1.54, 1.807) is 0 Å². The first-order valence-corrected chi connectivity index (χ1v) is 9.85. The molecule has 146 valence electrons. The number of benzene rings is 1. The van der Waals surface area contributed by atoms with Crippen LogP contribution < -0.4 is 20.7 Å². The first kappa shape index (κ1) is 19.4. The van der Waals surface area contributed by atoms with Gasteiger partial charge in [0.05, 0.1) is 6.61 Å². The smallest absolute Gasteiger partial charge is 0.227 e. The second kappa shape index (κ2) is 8.57. The standard InChI is InChI=1S/C21H31N5O/c1-5-27-19-12-15(4)18(13-17(19)14(2)3)24-20-6-9-23-21(25-20)26-10-7-16(22)8-11-26/h6,9,12-14,16H,5,7-8,10-11,22H2,1-4H3,(H,23,24,25). The zero-order valence-electron chi connectivity index (χ0n) is 16.8. The van der Waals surface area contributed by atoms with Gasteiger partial charge in [-0.2, -0.15) is 4.98 Å². The Morgan fingerprint density at radius 1 is 1.30 bits per heavy atom. The van der Waals surface area contributed by atoms with Crippen LogP contribution in [0, 0.1) is 6.92 Å². The number of nitrogens with one attached hydrogen (secondary N) is 1. The van der Waals surface area contributed by atoms with Crippen LogP contribution in [0.25, 0.3) is 0 Å². The van der Waals surface area contributed by atoms with Crippen LogP contribution in [0.1, 0.15) is 50.7 Å². The zero-order chi connectivity index (χ0) is 19.4. The fraction of sp³-hybridized carbons (Fsp3) is 0.524. The lowest BCUT2D eigenvalue weighted by Gasteiger charge is -2.30. The summed E-state index contributed by atoms with van der Waals surface area (Å²) >= 11 is 0. The van der Waals surface area contributed by atoms with Gasteiger partial charge >= 0.3 is 0 Å². The zero-order valence-corrected chi connectivity index (χ0v) is 16.8. The Hall–Kier alpha value is -2.34. The number of aromatic nitrogens is 2. The number of anilines is 3. The molecule has 0 radical (unpaired) electrons. The fourth-order valence-corrected chi connectivity index (χ4v) is 3.37. The van der Waals surface area contributed by atoms with Crippen LogP contribution in [-0.4, -0.2) is 35.7 Å². The minimum atomic E-state index is 0.295. The average Bonchev–Trinajstić information content (AvgIpc) is 2.64. The van der Waals surface area contributed by atoms with E-state index in [4.69, 9.17) is 15.5 Å². The number of hydrogen-bond donors (Lipinski definition) is 2. The molecule has 2 aromatic rings. The molecule has 3 N–H and O–H groups in total. The molecule has 0 amide bonds. The quantitative estimate of drug-likeness (QED) is 0.802. The van der Waals surface area contributed by atoms with Crippen LogP contribution in [0.4, 0.5) is 17.5 Å². The van der Waals surface area contributed by atoms with Crippen LogP contribution in [0.3, 0.4) is 0 Å². The topological polar surface area (TPSA) is 76.3 Å². The minimum Gasteiger partial charge on any atom is -0.494 e. The highest BCUT2D eigenvalue weighted by Crippen LogP contribution is 2.33. The molecule has 6 nitrogen and oxygen atoms in total. The maximum Gasteiger partial charge on any atom is 0.227 e. The van der Waals surface area contributed by atoms with Crippen molar-refractivity contribution in [1.29, 1.82) is 0 Å². The van der Waals surface area contributed by atoms with E-state index in [0.717, 1.165) is 54.7 Å². The SMILES string of the molecule is CCOc1cc(C)c(Nc2ccnc(N3CCC(N)CC3)n2)cc1C(C)C. The largest absolute Gasteiger partial charge is 0.494 e. The lowest BCUT2D eigenvalue weighted by molar-refractivity contribution is 0.335. The Labute approximate surface area is 162 Å². The van der Waals surface area contributed by atoms with E-state index >= 15 is 0 Å². The van der Waals surface area contributed by atoms with Gasteiger partial charge in [-0.3, -0.25) is 0 Å². The molecule has 1 saturated heterocycles. The molecule has 3 rings (SSSR count). The normalized spacial score (nSPS) is 15.3. The number of aryl methyl sites for hydroxylation is 1. The van der Waals surface area contributed by atoms with Crippen LogP contribution in [0.15, 0.2) is 24.4 Å². The molecule has 0 bridgehead atoms. The third kappa shape index (κ3) is 4.69. The van der Waals surface area contributed by atoms with Crippen molar-refractivity contribution in [3.8, 4) is 5.75 Å². The summed E-state index contributed by atoms with van der Waals surface area (Å²) in [7, 11) is 0. The van der Waals surface area contributed by atoms with Gasteiger partial charge in [0.25, 0.3) is 0 Å². The summed E-state index contributed by atoms with van der Waals surface area (Å²) in [5.74, 6) is 2.91. The van der Waals surface area contributed by atoms with E-state index < -0.39 is 0 Å². The van der Waals surface area contributed by atoms with E-state index in [1.165, 1.54) is 5.56 Å². The van der Waals surface area contributed by atoms with Gasteiger partial charge < -0.3 is 20.7 Å². The average molecular weight is 370 g/mol. The van der Waals surface area contributed by atoms with Gasteiger partial charge in [0.2, 0.25) is 5.95 Å². The molecule has 0 saturated carbocycles. The van der Waals surface area contributed by atoms with E-state index in [2.05, 4.69) is 48.1 Å². The lowest BCUT2D eigenvalue weighted by atomic mass is 9.99. The van der Waals surface area contributed by atoms with Gasteiger partial charge in [-0.1, -0.05) is 13.8 Å². The van der Waals surface area contributed by atoms with E-state index in [0.29, 0.717) is 18.6 Å². The molecule has 6 heteroatoms. The molecule has 1 aliphatic rings. The lowest BCUT2D eigenvalue weighted by Crippen LogP contribution is -2.40. The molecular weight excluding hydrogens is 338 g/mol. The molecule has 1 fully saturated rings. The van der Waals surface area contributed by atoms with Gasteiger partial charge in [-0.15, -0.1) is 0 Å². The summed E-state index contributed by atoms with van der Waals surface area (Å²) in [6.45, 7) is 10.9. The predicted molar refractivity (Wildman–Crippen MR) is 111 cm³/mol. The van der Waals surface area contributed by atoms with Crippen molar-refractivity contribution in [2.24, 2.45) is 5.73 Å². The number of nitrogens with zero attached hydrogens (tertiary/aromatic N) is 3. The van der Waals surface area contributed by atoms with Crippen LogP contribution in [-0.2, 0) is 0 Å². The molecular formula is C21H31N5O. The summed E-state index contributed by atoms with van der Waals surface area (Å²) in [6, 6.07) is 6.48. The molecule has 0 aliphatic carbocycles. The monoisotopic (exact) mass is 369 g/mol. The van der Waals surface area contributed by atoms with E-state index in [1.807, 2.05) is 19.2 Å². The van der Waals surface area contributed by atoms with Crippen molar-refractivity contribution in [3.05, 3.63) is 35.5 Å². The molecule has 27 heavy (non-hydrogen) atoms. The summed E-state index contributed by atoms with van der Waals surface area (Å²) in [5, 5.41) is 3.47. The maximum atomic E-state index is 6.01. The predicted octanol–water partition coefficient (Wildman–Crippen LogP) is 3.98. The van der Waals surface area contributed by atoms with Crippen LogP contribution >= 0.6 is 0 Å². The Morgan fingerprint density at radius 2 is 2.04 bits per heavy atom. The number of ether oxygens (including phenoxy) is 1. The van der Waals surface area contributed by atoms with Crippen LogP contribution in [0.2, 0.25) is 0 Å². The number of rotatable bonds is 6. The van der Waals surface area contributed by atoms with Gasteiger partial charge in [0.1, 0.15) is 11.6 Å². The Kier molecular flexibility index (Phi) is 6.16. The molecule has 1 aromatic heterocycles. The van der Waals surface area contributed by atoms with Crippen molar-refractivity contribution in [1.82, 2.24) is 9.97 Å². The molecule has 0 unspecified atom stereocenters. The van der Waals surface area contributed by atoms with E-state index in [9.17, 15) is 0 Å². The van der Waals surface area contributed by atoms with Gasteiger partial charge in [-0.25, -0.2) is 4.98 Å². The second-order valence-corrected chi connectivity index (χ2v) is 7.48. The fourth-order valence-electron chi connectivity index (χ4n) is 3.37. The highest BCUT2D eigenvalue weighted by molar-refractivity contribution is 5.64. The van der Waals surface area contributed by atoms with Crippen LogP contribution in [0.5, 0.6) is 5.75 Å². The molecule has 1 aliphatic heterocycles. The van der Waals surface area contributed by atoms with Crippen molar-refractivity contribution < 1.29 is 4.74 Å². The van der Waals surface area contributed by atoms with Crippen molar-refractivity contribution >= 4 is 17.5 Å². The molecule has 0 atom stereocenters. The first-order chi connectivity index (χ1) is 13.0. The van der Waals surface area contributed by atoms with Gasteiger partial charge in [-0.05, 0) is 61.9 Å². The van der Waals surface area contributed by atoms with Gasteiger partial charge in [0, 0.05) is 31.0 Å². The Balaban J connectivity index is 1.82. The van der Waals surface area contributed by atoms with Gasteiger partial charge in [0.15, 0.2) is 0 Å². The Bertz CT molecular complexity index is 769. The van der Waals surface area contributed by atoms with E-state index in [-0.39, 0.29) is 0 Å². The highest BCUT2D eigenvalue weighted by Gasteiger charge is 2.19. The highest BCUT2D eigenvalue weighted by atomic mass is 16.5. The summed E-state index contributed by atoms with van der Waals surface area (Å²) in [6.07, 6.45) is 3.78. The molecule has 0 spiro atoms. The third-order valence-electron chi connectivity index (χ3n) is 5.01. The molecule has 2 heterocycles. The maximum absolute atomic E-state index is 6.01. The van der Waals surface area contributed by atoms with Crippen molar-refractivity contribution in [2.75, 3.05) is 29.9 Å². The van der Waals surface area contributed by atoms with Crippen molar-refractivity contribution in [2.45, 2.75) is 52.5 Å². The summed E-state index contributed by atoms with van der Waals surface area (Å²) < 4.78 is 5.82. The number of piperidine rings is 1.